The lowest BCUT2D eigenvalue weighted by Gasteiger charge is -2.25. The molecule has 0 spiro atoms. The first-order valence-electron chi connectivity index (χ1n) is 5.85. The summed E-state index contributed by atoms with van der Waals surface area (Å²) < 4.78 is 13.2. The molecule has 0 radical (unpaired) electrons. The molecular weight excluding hydrogens is 267 g/mol. The minimum atomic E-state index is -0.337. The zero-order valence-corrected chi connectivity index (χ0v) is 11.6. The molecule has 2 rings (SSSR count). The van der Waals surface area contributed by atoms with Gasteiger partial charge in [-0.2, -0.15) is 0 Å². The number of nitrogens with zero attached hydrogens (tertiary/aromatic N) is 2. The number of likely N-dealkylation sites (N-methyl/N-ethyl adjacent to an activating group) is 1. The molecule has 0 aromatic heterocycles. The minimum absolute atomic E-state index is 0.0278. The van der Waals surface area contributed by atoms with Crippen molar-refractivity contribution in [3.05, 3.63) is 35.6 Å². The summed E-state index contributed by atoms with van der Waals surface area (Å²) in [6.45, 7) is 0.0278. The Balaban J connectivity index is 2.20. The van der Waals surface area contributed by atoms with Crippen LogP contribution in [0.1, 0.15) is 10.9 Å². The molecule has 4 nitrogen and oxygen atoms in total. The summed E-state index contributed by atoms with van der Waals surface area (Å²) in [5.41, 5.74) is 0.711. The lowest BCUT2D eigenvalue weighted by Crippen LogP contribution is -2.38. The molecule has 1 aromatic carbocycles. The fourth-order valence-corrected chi connectivity index (χ4v) is 3.03. The Kier molecular flexibility index (Phi) is 4.09. The van der Waals surface area contributed by atoms with Crippen molar-refractivity contribution in [1.29, 1.82) is 0 Å². The van der Waals surface area contributed by atoms with E-state index in [-0.39, 0.29) is 29.6 Å². The third kappa shape index (κ3) is 3.07. The molecule has 1 aromatic rings. The van der Waals surface area contributed by atoms with Crippen LogP contribution in [0, 0.1) is 5.82 Å². The van der Waals surface area contributed by atoms with Crippen LogP contribution in [0.3, 0.4) is 0 Å². The second-order valence-electron chi connectivity index (χ2n) is 4.53. The van der Waals surface area contributed by atoms with Crippen molar-refractivity contribution in [2.45, 2.75) is 5.37 Å². The summed E-state index contributed by atoms with van der Waals surface area (Å²) in [6, 6.07) is 6.15. The second kappa shape index (κ2) is 5.61. The number of thioether (sulfide) groups is 1. The largest absolute Gasteiger partial charge is 0.347 e. The van der Waals surface area contributed by atoms with Crippen LogP contribution in [0.25, 0.3) is 0 Å². The first-order chi connectivity index (χ1) is 8.99. The van der Waals surface area contributed by atoms with E-state index >= 15 is 0 Å². The Morgan fingerprint density at radius 1 is 1.53 bits per heavy atom. The Morgan fingerprint density at radius 2 is 2.26 bits per heavy atom. The zero-order valence-electron chi connectivity index (χ0n) is 10.8. The highest BCUT2D eigenvalue weighted by Crippen LogP contribution is 2.38. The van der Waals surface area contributed by atoms with Gasteiger partial charge in [-0.25, -0.2) is 4.39 Å². The summed E-state index contributed by atoms with van der Waals surface area (Å²) in [5.74, 6) is -0.245. The number of rotatable bonds is 3. The van der Waals surface area contributed by atoms with Crippen LogP contribution in [0.15, 0.2) is 24.3 Å². The predicted molar refractivity (Wildman–Crippen MR) is 72.0 cm³/mol. The summed E-state index contributed by atoms with van der Waals surface area (Å²) in [5, 5.41) is -0.285. The van der Waals surface area contributed by atoms with E-state index in [4.69, 9.17) is 0 Å². The monoisotopic (exact) mass is 282 g/mol. The molecule has 19 heavy (non-hydrogen) atoms. The van der Waals surface area contributed by atoms with E-state index in [0.717, 1.165) is 0 Å². The highest BCUT2D eigenvalue weighted by atomic mass is 32.2. The normalized spacial score (nSPS) is 18.8. The van der Waals surface area contributed by atoms with E-state index in [1.807, 2.05) is 0 Å². The van der Waals surface area contributed by atoms with E-state index in [2.05, 4.69) is 0 Å². The van der Waals surface area contributed by atoms with Crippen molar-refractivity contribution in [3.8, 4) is 0 Å². The highest BCUT2D eigenvalue weighted by Gasteiger charge is 2.34. The van der Waals surface area contributed by atoms with E-state index in [1.165, 1.54) is 33.7 Å². The van der Waals surface area contributed by atoms with Gasteiger partial charge in [0.1, 0.15) is 17.7 Å². The van der Waals surface area contributed by atoms with Gasteiger partial charge in [-0.3, -0.25) is 9.59 Å². The highest BCUT2D eigenvalue weighted by molar-refractivity contribution is 8.00. The molecule has 1 unspecified atom stereocenters. The van der Waals surface area contributed by atoms with Gasteiger partial charge in [0.25, 0.3) is 0 Å². The van der Waals surface area contributed by atoms with E-state index in [0.29, 0.717) is 11.3 Å². The van der Waals surface area contributed by atoms with Crippen LogP contribution < -0.4 is 0 Å². The lowest BCUT2D eigenvalue weighted by atomic mass is 10.2. The van der Waals surface area contributed by atoms with Crippen LogP contribution in [-0.2, 0) is 9.59 Å². The number of hydrogen-bond donors (Lipinski definition) is 0. The van der Waals surface area contributed by atoms with Gasteiger partial charge in [0.15, 0.2) is 0 Å². The first kappa shape index (κ1) is 13.9. The molecule has 0 aliphatic carbocycles. The van der Waals surface area contributed by atoms with Gasteiger partial charge in [0.05, 0.1) is 5.75 Å². The summed E-state index contributed by atoms with van der Waals surface area (Å²) >= 11 is 1.41. The van der Waals surface area contributed by atoms with Crippen LogP contribution >= 0.6 is 11.8 Å². The zero-order chi connectivity index (χ0) is 14.0. The standard InChI is InChI=1S/C13H15FN2O2S/c1-15(2)11(17)7-16-12(18)8-19-13(16)9-4-3-5-10(14)6-9/h3-6,13H,7-8H2,1-2H3. The van der Waals surface area contributed by atoms with Crippen LogP contribution in [0.4, 0.5) is 4.39 Å². The van der Waals surface area contributed by atoms with Gasteiger partial charge in [0.2, 0.25) is 11.8 Å². The maximum absolute atomic E-state index is 13.2. The fraction of sp³-hybridized carbons (Fsp3) is 0.385. The third-order valence-corrected chi connectivity index (χ3v) is 4.16. The molecule has 1 aliphatic heterocycles. The molecule has 1 heterocycles. The first-order valence-corrected chi connectivity index (χ1v) is 6.90. The van der Waals surface area contributed by atoms with Gasteiger partial charge in [-0.15, -0.1) is 11.8 Å². The van der Waals surface area contributed by atoms with Gasteiger partial charge in [-0.05, 0) is 17.7 Å². The number of carbonyl (C=O) groups excluding carboxylic acids is 2. The van der Waals surface area contributed by atoms with Crippen LogP contribution in [-0.4, -0.2) is 48.0 Å². The van der Waals surface area contributed by atoms with Crippen LogP contribution in [0.5, 0.6) is 0 Å². The number of hydrogen-bond acceptors (Lipinski definition) is 3. The summed E-state index contributed by atoms with van der Waals surface area (Å²) in [7, 11) is 3.29. The molecule has 1 saturated heterocycles. The average molecular weight is 282 g/mol. The Bertz CT molecular complexity index is 507. The summed E-state index contributed by atoms with van der Waals surface area (Å²) in [6.07, 6.45) is 0. The molecule has 1 atom stereocenters. The maximum atomic E-state index is 13.2. The van der Waals surface area contributed by atoms with Crippen molar-refractivity contribution < 1.29 is 14.0 Å². The molecule has 1 aliphatic rings. The number of amides is 2. The minimum Gasteiger partial charge on any atom is -0.347 e. The number of carbonyl (C=O) groups is 2. The Morgan fingerprint density at radius 3 is 2.89 bits per heavy atom. The van der Waals surface area contributed by atoms with E-state index in [9.17, 15) is 14.0 Å². The second-order valence-corrected chi connectivity index (χ2v) is 5.60. The van der Waals surface area contributed by atoms with Gasteiger partial charge < -0.3 is 9.80 Å². The van der Waals surface area contributed by atoms with E-state index in [1.54, 1.807) is 26.2 Å². The molecule has 0 N–H and O–H groups in total. The molecular formula is C13H15FN2O2S. The SMILES string of the molecule is CN(C)C(=O)CN1C(=O)CSC1c1cccc(F)c1. The smallest absolute Gasteiger partial charge is 0.241 e. The molecule has 1 fully saturated rings. The summed E-state index contributed by atoms with van der Waals surface area (Å²) in [4.78, 5) is 26.5. The number of halogens is 1. The molecule has 0 saturated carbocycles. The van der Waals surface area contributed by atoms with Crippen molar-refractivity contribution in [2.24, 2.45) is 0 Å². The topological polar surface area (TPSA) is 40.6 Å². The average Bonchev–Trinajstić information content (AvgIpc) is 2.71. The Labute approximate surface area is 115 Å². The van der Waals surface area contributed by atoms with Crippen molar-refractivity contribution in [3.63, 3.8) is 0 Å². The molecule has 2 amide bonds. The Hall–Kier alpha value is -1.56. The molecule has 102 valence electrons. The van der Waals surface area contributed by atoms with Gasteiger partial charge >= 0.3 is 0 Å². The molecule has 0 bridgehead atoms. The fourth-order valence-electron chi connectivity index (χ4n) is 1.85. The van der Waals surface area contributed by atoms with Gasteiger partial charge in [-0.1, -0.05) is 12.1 Å². The predicted octanol–water partition coefficient (Wildman–Crippen LogP) is 1.49. The lowest BCUT2D eigenvalue weighted by molar-refractivity contribution is -0.137. The molecule has 6 heteroatoms. The number of benzene rings is 1. The third-order valence-electron chi connectivity index (χ3n) is 2.91. The maximum Gasteiger partial charge on any atom is 0.241 e. The van der Waals surface area contributed by atoms with Crippen molar-refractivity contribution >= 4 is 23.6 Å². The van der Waals surface area contributed by atoms with Crippen molar-refractivity contribution in [1.82, 2.24) is 9.80 Å². The van der Waals surface area contributed by atoms with Crippen LogP contribution in [0.2, 0.25) is 0 Å². The van der Waals surface area contributed by atoms with Gasteiger partial charge in [0, 0.05) is 14.1 Å². The van der Waals surface area contributed by atoms with Crippen molar-refractivity contribution in [2.75, 3.05) is 26.4 Å². The van der Waals surface area contributed by atoms with E-state index < -0.39 is 0 Å². The quantitative estimate of drug-likeness (QED) is 0.843.